The summed E-state index contributed by atoms with van der Waals surface area (Å²) in [5.41, 5.74) is 1.04. The molecule has 0 unspecified atom stereocenters. The quantitative estimate of drug-likeness (QED) is 0.178. The van der Waals surface area contributed by atoms with E-state index in [0.717, 1.165) is 12.8 Å². The molecule has 2 aromatic rings. The van der Waals surface area contributed by atoms with Crippen LogP contribution in [0.4, 0.5) is 5.69 Å². The highest BCUT2D eigenvalue weighted by Crippen LogP contribution is 2.37. The molecule has 5 nitrogen and oxygen atoms in total. The number of nitrogens with zero attached hydrogens (tertiary/aromatic N) is 1. The van der Waals surface area contributed by atoms with Crippen LogP contribution >= 0.6 is 23.2 Å². The summed E-state index contributed by atoms with van der Waals surface area (Å²) >= 11 is 12.3. The van der Waals surface area contributed by atoms with E-state index in [2.05, 4.69) is 12.2 Å². The Morgan fingerprint density at radius 2 is 1.73 bits per heavy atom. The Morgan fingerprint density at radius 3 is 2.39 bits per heavy atom. The fraction of sp³-hybridized carbons (Fsp3) is 0.385. The third-order valence-electron chi connectivity index (χ3n) is 4.85. The summed E-state index contributed by atoms with van der Waals surface area (Å²) in [6.07, 6.45) is 8.45. The number of anilines is 1. The van der Waals surface area contributed by atoms with E-state index in [1.807, 2.05) is 13.0 Å². The smallest absolute Gasteiger partial charge is 0.266 e. The number of amides is 1. The number of hydrogen-bond acceptors (Lipinski definition) is 4. The minimum absolute atomic E-state index is 0.0655. The van der Waals surface area contributed by atoms with Gasteiger partial charge in [-0.1, -0.05) is 62.2 Å². The lowest BCUT2D eigenvalue weighted by Crippen LogP contribution is -2.13. The van der Waals surface area contributed by atoms with Gasteiger partial charge >= 0.3 is 0 Å². The van der Waals surface area contributed by atoms with Crippen LogP contribution < -0.4 is 14.8 Å². The van der Waals surface area contributed by atoms with Gasteiger partial charge in [-0.2, -0.15) is 5.26 Å². The predicted octanol–water partition coefficient (Wildman–Crippen LogP) is 7.68. The van der Waals surface area contributed by atoms with Crippen molar-refractivity contribution < 1.29 is 14.3 Å². The van der Waals surface area contributed by atoms with Crippen molar-refractivity contribution in [2.45, 2.75) is 52.4 Å². The minimum atomic E-state index is -0.530. The number of rotatable bonds is 13. The molecule has 0 atom stereocenters. The lowest BCUT2D eigenvalue weighted by Gasteiger charge is -2.14. The van der Waals surface area contributed by atoms with Gasteiger partial charge in [-0.15, -0.1) is 0 Å². The van der Waals surface area contributed by atoms with Crippen molar-refractivity contribution in [1.82, 2.24) is 0 Å². The molecule has 0 radical (unpaired) electrons. The van der Waals surface area contributed by atoms with Gasteiger partial charge in [-0.05, 0) is 61.4 Å². The Balaban J connectivity index is 2.11. The first-order chi connectivity index (χ1) is 16.0. The van der Waals surface area contributed by atoms with Gasteiger partial charge in [0.15, 0.2) is 11.5 Å². The number of benzene rings is 2. The third-order valence-corrected chi connectivity index (χ3v) is 5.39. The summed E-state index contributed by atoms with van der Waals surface area (Å²) in [5.74, 6) is 0.434. The molecular formula is C26H30Cl2N2O3. The highest BCUT2D eigenvalue weighted by atomic mass is 35.5. The van der Waals surface area contributed by atoms with Crippen LogP contribution in [0.2, 0.25) is 10.0 Å². The second kappa shape index (κ2) is 14.5. The van der Waals surface area contributed by atoms with E-state index in [-0.39, 0.29) is 5.57 Å². The predicted molar refractivity (Wildman–Crippen MR) is 135 cm³/mol. The van der Waals surface area contributed by atoms with Gasteiger partial charge in [-0.3, -0.25) is 4.79 Å². The van der Waals surface area contributed by atoms with Crippen molar-refractivity contribution >= 4 is 40.9 Å². The summed E-state index contributed by atoms with van der Waals surface area (Å²) in [4.78, 5) is 12.5. The Hall–Kier alpha value is -2.68. The zero-order valence-corrected chi connectivity index (χ0v) is 20.6. The van der Waals surface area contributed by atoms with E-state index in [1.54, 1.807) is 36.4 Å². The van der Waals surface area contributed by atoms with Gasteiger partial charge in [0.25, 0.3) is 5.91 Å². The SMILES string of the molecule is CCCCCCCCOc1c(Cl)cc(C=C(C#N)C(=O)Nc2ccc(Cl)cc2)cc1OCC. The Bertz CT molecular complexity index is 982. The Labute approximate surface area is 206 Å². The average Bonchev–Trinajstić information content (AvgIpc) is 2.80. The number of ether oxygens (including phenoxy) is 2. The maximum atomic E-state index is 12.5. The Morgan fingerprint density at radius 1 is 1.03 bits per heavy atom. The second-order valence-electron chi connectivity index (χ2n) is 7.51. The number of hydrogen-bond donors (Lipinski definition) is 1. The molecule has 2 aromatic carbocycles. The molecule has 0 bridgehead atoms. The summed E-state index contributed by atoms with van der Waals surface area (Å²) in [6.45, 7) is 5.05. The molecule has 1 amide bonds. The van der Waals surface area contributed by atoms with Crippen LogP contribution in [0.5, 0.6) is 11.5 Å². The normalized spacial score (nSPS) is 11.1. The molecule has 176 valence electrons. The molecule has 1 N–H and O–H groups in total. The van der Waals surface area contributed by atoms with E-state index >= 15 is 0 Å². The molecule has 0 aliphatic heterocycles. The highest BCUT2D eigenvalue weighted by molar-refractivity contribution is 6.32. The summed E-state index contributed by atoms with van der Waals surface area (Å²) in [5, 5.41) is 13.1. The van der Waals surface area contributed by atoms with Gasteiger partial charge in [0, 0.05) is 10.7 Å². The number of unbranched alkanes of at least 4 members (excludes halogenated alkanes) is 5. The largest absolute Gasteiger partial charge is 0.490 e. The summed E-state index contributed by atoms with van der Waals surface area (Å²) in [6, 6.07) is 12.0. The van der Waals surface area contributed by atoms with Crippen LogP contribution in [0.25, 0.3) is 6.08 Å². The first-order valence-corrected chi connectivity index (χ1v) is 12.0. The Kier molecular flexibility index (Phi) is 11.6. The monoisotopic (exact) mass is 488 g/mol. The minimum Gasteiger partial charge on any atom is -0.490 e. The van der Waals surface area contributed by atoms with E-state index in [4.69, 9.17) is 32.7 Å². The molecule has 0 fully saturated rings. The van der Waals surface area contributed by atoms with Crippen molar-refractivity contribution in [2.24, 2.45) is 0 Å². The van der Waals surface area contributed by atoms with E-state index in [0.29, 0.717) is 46.0 Å². The van der Waals surface area contributed by atoms with Crippen LogP contribution in [-0.4, -0.2) is 19.1 Å². The zero-order valence-electron chi connectivity index (χ0n) is 19.1. The van der Waals surface area contributed by atoms with Crippen molar-refractivity contribution in [3.63, 3.8) is 0 Å². The van der Waals surface area contributed by atoms with Crippen LogP contribution in [0.15, 0.2) is 42.0 Å². The number of nitrogens with one attached hydrogen (secondary N) is 1. The zero-order chi connectivity index (χ0) is 24.1. The van der Waals surface area contributed by atoms with Crippen LogP contribution in [0.1, 0.15) is 57.9 Å². The number of nitriles is 1. The molecule has 0 spiro atoms. The number of carbonyl (C=O) groups is 1. The second-order valence-corrected chi connectivity index (χ2v) is 8.35. The summed E-state index contributed by atoms with van der Waals surface area (Å²) < 4.78 is 11.6. The van der Waals surface area contributed by atoms with Crippen molar-refractivity contribution in [2.75, 3.05) is 18.5 Å². The molecule has 0 saturated heterocycles. The van der Waals surface area contributed by atoms with Gasteiger partial charge in [-0.25, -0.2) is 0 Å². The molecule has 0 heterocycles. The molecular weight excluding hydrogens is 459 g/mol. The number of carbonyl (C=O) groups excluding carboxylic acids is 1. The van der Waals surface area contributed by atoms with Crippen molar-refractivity contribution in [1.29, 1.82) is 5.26 Å². The van der Waals surface area contributed by atoms with Gasteiger partial charge < -0.3 is 14.8 Å². The molecule has 0 aliphatic rings. The maximum absolute atomic E-state index is 12.5. The average molecular weight is 489 g/mol. The van der Waals surface area contributed by atoms with Gasteiger partial charge in [0.2, 0.25) is 0 Å². The third kappa shape index (κ3) is 9.00. The molecule has 33 heavy (non-hydrogen) atoms. The van der Waals surface area contributed by atoms with Crippen molar-refractivity contribution in [3.8, 4) is 17.6 Å². The standard InChI is InChI=1S/C26H30Cl2N2O3/c1-3-5-6-7-8-9-14-33-25-23(28)16-19(17-24(25)32-4-2)15-20(18-29)26(31)30-22-12-10-21(27)11-13-22/h10-13,15-17H,3-9,14H2,1-2H3,(H,30,31). The summed E-state index contributed by atoms with van der Waals surface area (Å²) in [7, 11) is 0. The van der Waals surface area contributed by atoms with Crippen LogP contribution in [0, 0.1) is 11.3 Å². The molecule has 7 heteroatoms. The molecule has 2 rings (SSSR count). The number of halogens is 2. The van der Waals surface area contributed by atoms with Crippen molar-refractivity contribution in [3.05, 3.63) is 57.6 Å². The fourth-order valence-electron chi connectivity index (χ4n) is 3.18. The van der Waals surface area contributed by atoms with Crippen LogP contribution in [0.3, 0.4) is 0 Å². The van der Waals surface area contributed by atoms with Gasteiger partial charge in [0.1, 0.15) is 11.6 Å². The topological polar surface area (TPSA) is 71.3 Å². The highest BCUT2D eigenvalue weighted by Gasteiger charge is 2.15. The van der Waals surface area contributed by atoms with Gasteiger partial charge in [0.05, 0.1) is 18.2 Å². The molecule has 0 aliphatic carbocycles. The lowest BCUT2D eigenvalue weighted by atomic mass is 10.1. The van der Waals surface area contributed by atoms with E-state index < -0.39 is 5.91 Å². The van der Waals surface area contributed by atoms with E-state index in [9.17, 15) is 10.1 Å². The van der Waals surface area contributed by atoms with E-state index in [1.165, 1.54) is 31.8 Å². The van der Waals surface area contributed by atoms with Crippen LogP contribution in [-0.2, 0) is 4.79 Å². The molecule has 0 aromatic heterocycles. The lowest BCUT2D eigenvalue weighted by molar-refractivity contribution is -0.112. The fourth-order valence-corrected chi connectivity index (χ4v) is 3.58. The first-order valence-electron chi connectivity index (χ1n) is 11.3. The molecule has 0 saturated carbocycles. The maximum Gasteiger partial charge on any atom is 0.266 e. The first kappa shape index (κ1) is 26.6.